The summed E-state index contributed by atoms with van der Waals surface area (Å²) in [6.07, 6.45) is -3.89. The van der Waals surface area contributed by atoms with E-state index < -0.39 is 17.7 Å². The van der Waals surface area contributed by atoms with Gasteiger partial charge in [-0.1, -0.05) is 13.0 Å². The van der Waals surface area contributed by atoms with Crippen LogP contribution in [0.5, 0.6) is 0 Å². The van der Waals surface area contributed by atoms with E-state index in [9.17, 15) is 18.0 Å². The number of halogens is 3. The first kappa shape index (κ1) is 18.0. The smallest absolute Gasteiger partial charge is 0.416 e. The second-order valence-corrected chi connectivity index (χ2v) is 5.69. The molecular formula is C19H17F3N2O2. The third kappa shape index (κ3) is 3.29. The second kappa shape index (κ2) is 6.82. The van der Waals surface area contributed by atoms with Gasteiger partial charge in [-0.2, -0.15) is 13.2 Å². The SMILES string of the molecule is CCOC(=O)c1cccc(-n2c(CC)nc3cc(C(F)(F)F)ccc32)c1. The standard InChI is InChI=1S/C19H17F3N2O2/c1-3-17-23-15-11-13(19(20,21)22)8-9-16(15)24(17)14-7-5-6-12(10-14)18(25)26-4-2/h5-11H,3-4H2,1-2H3. The van der Waals surface area contributed by atoms with Gasteiger partial charge in [-0.05, 0) is 43.3 Å². The van der Waals surface area contributed by atoms with Crippen LogP contribution in [0.25, 0.3) is 16.7 Å². The van der Waals surface area contributed by atoms with Gasteiger partial charge in [0.25, 0.3) is 0 Å². The number of benzene rings is 2. The molecule has 0 atom stereocenters. The van der Waals surface area contributed by atoms with Crippen LogP contribution >= 0.6 is 0 Å². The normalized spacial score (nSPS) is 11.7. The summed E-state index contributed by atoms with van der Waals surface area (Å²) in [7, 11) is 0. The number of carbonyl (C=O) groups excluding carboxylic acids is 1. The highest BCUT2D eigenvalue weighted by molar-refractivity contribution is 5.90. The van der Waals surface area contributed by atoms with Crippen molar-refractivity contribution in [3.63, 3.8) is 0 Å². The number of aryl methyl sites for hydroxylation is 1. The van der Waals surface area contributed by atoms with Gasteiger partial charge in [0.1, 0.15) is 5.82 Å². The Morgan fingerprint density at radius 2 is 1.92 bits per heavy atom. The van der Waals surface area contributed by atoms with Crippen molar-refractivity contribution in [2.24, 2.45) is 0 Å². The number of nitrogens with zero attached hydrogens (tertiary/aromatic N) is 2. The number of rotatable bonds is 4. The van der Waals surface area contributed by atoms with Crippen molar-refractivity contribution >= 4 is 17.0 Å². The number of imidazole rings is 1. The van der Waals surface area contributed by atoms with Crippen LogP contribution in [-0.4, -0.2) is 22.1 Å². The van der Waals surface area contributed by atoms with Crippen LogP contribution in [0, 0.1) is 0 Å². The Morgan fingerprint density at radius 1 is 1.15 bits per heavy atom. The maximum absolute atomic E-state index is 13.0. The summed E-state index contributed by atoms with van der Waals surface area (Å²) in [5, 5.41) is 0. The Balaban J connectivity index is 2.15. The van der Waals surface area contributed by atoms with E-state index in [1.165, 1.54) is 6.07 Å². The summed E-state index contributed by atoms with van der Waals surface area (Å²) in [6.45, 7) is 3.85. The third-order valence-electron chi connectivity index (χ3n) is 3.98. The van der Waals surface area contributed by atoms with Gasteiger partial charge in [0.15, 0.2) is 0 Å². The minimum atomic E-state index is -4.42. The van der Waals surface area contributed by atoms with Gasteiger partial charge < -0.3 is 4.74 Å². The molecule has 0 fully saturated rings. The molecule has 0 N–H and O–H groups in total. The summed E-state index contributed by atoms with van der Waals surface area (Å²) in [5.74, 6) is 0.163. The van der Waals surface area contributed by atoms with Crippen molar-refractivity contribution in [2.75, 3.05) is 6.61 Å². The molecule has 0 saturated heterocycles. The molecule has 3 rings (SSSR count). The van der Waals surface area contributed by atoms with E-state index in [1.807, 2.05) is 6.92 Å². The highest BCUT2D eigenvalue weighted by Gasteiger charge is 2.31. The number of aromatic nitrogens is 2. The number of esters is 1. The zero-order chi connectivity index (χ0) is 18.9. The Morgan fingerprint density at radius 3 is 2.58 bits per heavy atom. The van der Waals surface area contributed by atoms with E-state index in [0.29, 0.717) is 29.0 Å². The van der Waals surface area contributed by atoms with Crippen molar-refractivity contribution in [3.05, 3.63) is 59.4 Å². The maximum atomic E-state index is 13.0. The van der Waals surface area contributed by atoms with Crippen molar-refractivity contribution in [1.29, 1.82) is 0 Å². The fourth-order valence-electron chi connectivity index (χ4n) is 2.82. The number of ether oxygens (including phenoxy) is 1. The van der Waals surface area contributed by atoms with Gasteiger partial charge in [-0.25, -0.2) is 9.78 Å². The van der Waals surface area contributed by atoms with E-state index in [4.69, 9.17) is 4.74 Å². The molecular weight excluding hydrogens is 345 g/mol. The van der Waals surface area contributed by atoms with Crippen LogP contribution in [0.2, 0.25) is 0 Å². The molecule has 136 valence electrons. The molecule has 0 unspecified atom stereocenters. The van der Waals surface area contributed by atoms with Crippen LogP contribution in [0.15, 0.2) is 42.5 Å². The Labute approximate surface area is 148 Å². The monoisotopic (exact) mass is 362 g/mol. The highest BCUT2D eigenvalue weighted by Crippen LogP contribution is 2.32. The minimum absolute atomic E-state index is 0.261. The molecule has 2 aromatic carbocycles. The average molecular weight is 362 g/mol. The second-order valence-electron chi connectivity index (χ2n) is 5.69. The number of alkyl halides is 3. The zero-order valence-electron chi connectivity index (χ0n) is 14.3. The number of carbonyl (C=O) groups is 1. The zero-order valence-corrected chi connectivity index (χ0v) is 14.3. The molecule has 0 aliphatic carbocycles. The molecule has 0 bridgehead atoms. The van der Waals surface area contributed by atoms with E-state index in [-0.39, 0.29) is 12.1 Å². The van der Waals surface area contributed by atoms with Gasteiger partial charge >= 0.3 is 12.1 Å². The number of hydrogen-bond acceptors (Lipinski definition) is 3. The van der Waals surface area contributed by atoms with E-state index in [0.717, 1.165) is 12.1 Å². The molecule has 7 heteroatoms. The first-order valence-corrected chi connectivity index (χ1v) is 8.21. The summed E-state index contributed by atoms with van der Waals surface area (Å²) in [4.78, 5) is 16.3. The topological polar surface area (TPSA) is 44.1 Å². The Kier molecular flexibility index (Phi) is 4.71. The maximum Gasteiger partial charge on any atom is 0.416 e. The van der Waals surface area contributed by atoms with Crippen LogP contribution in [0.4, 0.5) is 13.2 Å². The molecule has 0 amide bonds. The van der Waals surface area contributed by atoms with Crippen molar-refractivity contribution in [1.82, 2.24) is 9.55 Å². The fraction of sp³-hybridized carbons (Fsp3) is 0.263. The van der Waals surface area contributed by atoms with Gasteiger partial charge in [0.05, 0.1) is 28.8 Å². The van der Waals surface area contributed by atoms with Crippen molar-refractivity contribution in [3.8, 4) is 5.69 Å². The largest absolute Gasteiger partial charge is 0.462 e. The van der Waals surface area contributed by atoms with Gasteiger partial charge in [0.2, 0.25) is 0 Å². The highest BCUT2D eigenvalue weighted by atomic mass is 19.4. The summed E-state index contributed by atoms with van der Waals surface area (Å²) in [6, 6.07) is 10.2. The first-order valence-electron chi connectivity index (χ1n) is 8.21. The fourth-order valence-corrected chi connectivity index (χ4v) is 2.82. The molecule has 0 aliphatic rings. The van der Waals surface area contributed by atoms with Crippen LogP contribution in [0.3, 0.4) is 0 Å². The van der Waals surface area contributed by atoms with Crippen molar-refractivity contribution in [2.45, 2.75) is 26.4 Å². The molecule has 1 aromatic heterocycles. The average Bonchev–Trinajstić information content (AvgIpc) is 2.99. The third-order valence-corrected chi connectivity index (χ3v) is 3.98. The van der Waals surface area contributed by atoms with Crippen LogP contribution in [0.1, 0.15) is 35.6 Å². The quantitative estimate of drug-likeness (QED) is 0.627. The molecule has 1 heterocycles. The van der Waals surface area contributed by atoms with E-state index >= 15 is 0 Å². The summed E-state index contributed by atoms with van der Waals surface area (Å²) in [5.41, 5.74) is 1.10. The predicted molar refractivity (Wildman–Crippen MR) is 91.4 cm³/mol. The first-order chi connectivity index (χ1) is 12.3. The molecule has 26 heavy (non-hydrogen) atoms. The number of fused-ring (bicyclic) bond motifs is 1. The van der Waals surface area contributed by atoms with Crippen molar-refractivity contribution < 1.29 is 22.7 Å². The van der Waals surface area contributed by atoms with Gasteiger partial charge in [-0.15, -0.1) is 0 Å². The lowest BCUT2D eigenvalue weighted by Crippen LogP contribution is -2.07. The van der Waals surface area contributed by atoms with Gasteiger partial charge in [-0.3, -0.25) is 4.57 Å². The summed E-state index contributed by atoms with van der Waals surface area (Å²) >= 11 is 0. The molecule has 0 radical (unpaired) electrons. The lowest BCUT2D eigenvalue weighted by Gasteiger charge is -2.11. The summed E-state index contributed by atoms with van der Waals surface area (Å²) < 4.78 is 45.6. The molecule has 3 aromatic rings. The van der Waals surface area contributed by atoms with Crippen LogP contribution in [-0.2, 0) is 17.3 Å². The Bertz CT molecular complexity index is 961. The number of hydrogen-bond donors (Lipinski definition) is 0. The minimum Gasteiger partial charge on any atom is -0.462 e. The molecule has 0 spiro atoms. The molecule has 0 saturated carbocycles. The predicted octanol–water partition coefficient (Wildman–Crippen LogP) is 4.78. The van der Waals surface area contributed by atoms with E-state index in [2.05, 4.69) is 4.98 Å². The lowest BCUT2D eigenvalue weighted by atomic mass is 10.1. The van der Waals surface area contributed by atoms with Crippen LogP contribution < -0.4 is 0 Å². The van der Waals surface area contributed by atoms with Gasteiger partial charge in [0, 0.05) is 12.1 Å². The Hall–Kier alpha value is -2.83. The van der Waals surface area contributed by atoms with E-state index in [1.54, 1.807) is 35.8 Å². The lowest BCUT2D eigenvalue weighted by molar-refractivity contribution is -0.137. The molecule has 0 aliphatic heterocycles. The molecule has 4 nitrogen and oxygen atoms in total.